The number of fused-ring (bicyclic) bond motifs is 1. The van der Waals surface area contributed by atoms with E-state index in [4.69, 9.17) is 5.73 Å². The van der Waals surface area contributed by atoms with Gasteiger partial charge in [0.25, 0.3) is 12.3 Å². The van der Waals surface area contributed by atoms with Crippen molar-refractivity contribution in [3.63, 3.8) is 0 Å². The first-order valence-corrected chi connectivity index (χ1v) is 7.93. The average Bonchev–Trinajstić information content (AvgIpc) is 2.89. The van der Waals surface area contributed by atoms with Gasteiger partial charge < -0.3 is 11.1 Å². The summed E-state index contributed by atoms with van der Waals surface area (Å²) in [5.41, 5.74) is 7.09. The molecule has 3 rings (SSSR count). The molecule has 1 amide bonds. The first-order valence-electron chi connectivity index (χ1n) is 7.12. The lowest BCUT2D eigenvalue weighted by molar-refractivity contribution is 0.0955. The fourth-order valence-corrected chi connectivity index (χ4v) is 3.47. The zero-order chi connectivity index (χ0) is 17.3. The summed E-state index contributed by atoms with van der Waals surface area (Å²) in [7, 11) is 0. The number of hydrogen-bond acceptors (Lipinski definition) is 5. The Morgan fingerprint density at radius 2 is 2.25 bits per heavy atom. The standard InChI is InChI=1S/C16H14F2N4OS/c1-8-5-10(14(17)18)11-12(19)13(24-16(11)22-8)15(23)21-7-9-3-2-4-20-6-9/h2-6,14H,7,19H2,1H3,(H,21,23). The number of nitrogens with zero attached hydrogens (tertiary/aromatic N) is 2. The summed E-state index contributed by atoms with van der Waals surface area (Å²) >= 11 is 1.02. The maximum Gasteiger partial charge on any atom is 0.264 e. The molecule has 0 saturated heterocycles. The smallest absolute Gasteiger partial charge is 0.264 e. The largest absolute Gasteiger partial charge is 0.397 e. The molecule has 24 heavy (non-hydrogen) atoms. The second-order valence-electron chi connectivity index (χ2n) is 5.22. The highest BCUT2D eigenvalue weighted by atomic mass is 32.1. The molecule has 3 heterocycles. The van der Waals surface area contributed by atoms with Gasteiger partial charge in [-0.2, -0.15) is 0 Å². The molecule has 0 aliphatic heterocycles. The predicted molar refractivity (Wildman–Crippen MR) is 89.1 cm³/mol. The van der Waals surface area contributed by atoms with Gasteiger partial charge in [-0.15, -0.1) is 11.3 Å². The Morgan fingerprint density at radius 3 is 2.92 bits per heavy atom. The summed E-state index contributed by atoms with van der Waals surface area (Å²) in [6, 6.07) is 4.88. The quantitative estimate of drug-likeness (QED) is 0.757. The number of aryl methyl sites for hydroxylation is 1. The van der Waals surface area contributed by atoms with Gasteiger partial charge in [0.2, 0.25) is 0 Å². The Bertz CT molecular complexity index is 896. The molecule has 3 aromatic rings. The number of pyridine rings is 2. The van der Waals surface area contributed by atoms with E-state index in [1.54, 1.807) is 25.4 Å². The first-order chi connectivity index (χ1) is 11.5. The Morgan fingerprint density at radius 1 is 1.46 bits per heavy atom. The molecule has 0 radical (unpaired) electrons. The summed E-state index contributed by atoms with van der Waals surface area (Å²) < 4.78 is 26.5. The van der Waals surface area contributed by atoms with Crippen molar-refractivity contribution in [2.45, 2.75) is 19.9 Å². The van der Waals surface area contributed by atoms with Crippen molar-refractivity contribution in [3.05, 3.63) is 52.3 Å². The van der Waals surface area contributed by atoms with E-state index in [1.807, 2.05) is 6.07 Å². The molecule has 3 N–H and O–H groups in total. The zero-order valence-electron chi connectivity index (χ0n) is 12.7. The molecule has 124 valence electrons. The van der Waals surface area contributed by atoms with Crippen LogP contribution in [0.1, 0.15) is 32.9 Å². The van der Waals surface area contributed by atoms with Crippen molar-refractivity contribution >= 4 is 33.1 Å². The van der Waals surface area contributed by atoms with Gasteiger partial charge in [-0.3, -0.25) is 9.78 Å². The van der Waals surface area contributed by atoms with Crippen LogP contribution in [-0.2, 0) is 6.54 Å². The van der Waals surface area contributed by atoms with Crippen molar-refractivity contribution in [1.82, 2.24) is 15.3 Å². The normalized spacial score (nSPS) is 11.2. The van der Waals surface area contributed by atoms with Gasteiger partial charge in [0.1, 0.15) is 9.71 Å². The van der Waals surface area contributed by atoms with E-state index in [1.165, 1.54) is 6.07 Å². The monoisotopic (exact) mass is 348 g/mol. The van der Waals surface area contributed by atoms with E-state index in [2.05, 4.69) is 15.3 Å². The third kappa shape index (κ3) is 3.05. The molecule has 0 bridgehead atoms. The van der Waals surface area contributed by atoms with Gasteiger partial charge in [-0.05, 0) is 24.6 Å². The minimum Gasteiger partial charge on any atom is -0.397 e. The lowest BCUT2D eigenvalue weighted by Crippen LogP contribution is -2.22. The number of aromatic nitrogens is 2. The molecule has 8 heteroatoms. The van der Waals surface area contributed by atoms with Crippen LogP contribution in [0.15, 0.2) is 30.6 Å². The number of carbonyl (C=O) groups excluding carboxylic acids is 1. The van der Waals surface area contributed by atoms with E-state index in [9.17, 15) is 13.6 Å². The average molecular weight is 348 g/mol. The summed E-state index contributed by atoms with van der Waals surface area (Å²) in [4.78, 5) is 21.1. The Balaban J connectivity index is 1.93. The number of alkyl halides is 2. The van der Waals surface area contributed by atoms with E-state index in [0.29, 0.717) is 10.5 Å². The number of anilines is 1. The van der Waals surface area contributed by atoms with Crippen LogP contribution in [0, 0.1) is 6.92 Å². The van der Waals surface area contributed by atoms with E-state index in [0.717, 1.165) is 16.9 Å². The maximum atomic E-state index is 13.3. The Labute approximate surface area is 140 Å². The fraction of sp³-hybridized carbons (Fsp3) is 0.188. The number of carbonyl (C=O) groups is 1. The van der Waals surface area contributed by atoms with Crippen molar-refractivity contribution in [3.8, 4) is 0 Å². The number of halogens is 2. The molecule has 0 aromatic carbocycles. The highest BCUT2D eigenvalue weighted by Crippen LogP contribution is 2.38. The number of amides is 1. The van der Waals surface area contributed by atoms with Crippen LogP contribution in [0.3, 0.4) is 0 Å². The lowest BCUT2D eigenvalue weighted by Gasteiger charge is -2.05. The fourth-order valence-electron chi connectivity index (χ4n) is 2.38. The molecule has 5 nitrogen and oxygen atoms in total. The van der Waals surface area contributed by atoms with E-state index in [-0.39, 0.29) is 28.1 Å². The summed E-state index contributed by atoms with van der Waals surface area (Å²) in [5, 5.41) is 2.88. The van der Waals surface area contributed by atoms with Crippen LogP contribution in [0.4, 0.5) is 14.5 Å². The van der Waals surface area contributed by atoms with Gasteiger partial charge in [0.15, 0.2) is 0 Å². The highest BCUT2D eigenvalue weighted by Gasteiger charge is 2.23. The van der Waals surface area contributed by atoms with Gasteiger partial charge in [-0.25, -0.2) is 13.8 Å². The van der Waals surface area contributed by atoms with Gasteiger partial charge in [0, 0.05) is 35.6 Å². The zero-order valence-corrected chi connectivity index (χ0v) is 13.5. The third-order valence-electron chi connectivity index (χ3n) is 3.47. The Hall–Kier alpha value is -2.61. The van der Waals surface area contributed by atoms with Gasteiger partial charge >= 0.3 is 0 Å². The minimum atomic E-state index is -2.68. The Kier molecular flexibility index (Phi) is 4.39. The van der Waals surface area contributed by atoms with Gasteiger partial charge in [-0.1, -0.05) is 6.07 Å². The molecule has 3 aromatic heterocycles. The molecular weight excluding hydrogens is 334 g/mol. The van der Waals surface area contributed by atoms with Crippen LogP contribution in [0.25, 0.3) is 10.2 Å². The minimum absolute atomic E-state index is 0.0430. The molecule has 0 aliphatic carbocycles. The number of hydrogen-bond donors (Lipinski definition) is 2. The molecule has 0 saturated carbocycles. The van der Waals surface area contributed by atoms with Crippen molar-refractivity contribution < 1.29 is 13.6 Å². The van der Waals surface area contributed by atoms with E-state index >= 15 is 0 Å². The molecule has 0 spiro atoms. The number of nitrogen functional groups attached to an aromatic ring is 1. The summed E-state index contributed by atoms with van der Waals surface area (Å²) in [6.45, 7) is 1.90. The first kappa shape index (κ1) is 16.3. The highest BCUT2D eigenvalue weighted by molar-refractivity contribution is 7.21. The van der Waals surface area contributed by atoms with Crippen LogP contribution >= 0.6 is 11.3 Å². The maximum absolute atomic E-state index is 13.3. The molecule has 0 fully saturated rings. The molecule has 0 unspecified atom stereocenters. The molecule has 0 aliphatic rings. The lowest BCUT2D eigenvalue weighted by atomic mass is 10.1. The third-order valence-corrected chi connectivity index (χ3v) is 4.57. The van der Waals surface area contributed by atoms with Gasteiger partial charge in [0.05, 0.1) is 5.69 Å². The van der Waals surface area contributed by atoms with Crippen LogP contribution < -0.4 is 11.1 Å². The van der Waals surface area contributed by atoms with Crippen molar-refractivity contribution in [2.24, 2.45) is 0 Å². The number of thiophene rings is 1. The van der Waals surface area contributed by atoms with E-state index < -0.39 is 12.3 Å². The summed E-state index contributed by atoms with van der Waals surface area (Å²) in [5.74, 6) is -0.419. The molecule has 0 atom stereocenters. The van der Waals surface area contributed by atoms with Crippen LogP contribution in [0.2, 0.25) is 0 Å². The number of rotatable bonds is 4. The number of nitrogens with one attached hydrogen (secondary N) is 1. The number of nitrogens with two attached hydrogens (primary N) is 1. The van der Waals surface area contributed by atoms with Crippen LogP contribution in [0.5, 0.6) is 0 Å². The second-order valence-corrected chi connectivity index (χ2v) is 6.22. The SMILES string of the molecule is Cc1cc(C(F)F)c2c(N)c(C(=O)NCc3cccnc3)sc2n1. The van der Waals surface area contributed by atoms with Crippen molar-refractivity contribution in [2.75, 3.05) is 5.73 Å². The predicted octanol–water partition coefficient (Wildman–Crippen LogP) is 3.45. The van der Waals surface area contributed by atoms with Crippen molar-refractivity contribution in [1.29, 1.82) is 0 Å². The second kappa shape index (κ2) is 6.48. The van der Waals surface area contributed by atoms with Crippen LogP contribution in [-0.4, -0.2) is 15.9 Å². The molecular formula is C16H14F2N4OS. The summed E-state index contributed by atoms with van der Waals surface area (Å²) in [6.07, 6.45) is 0.584. The topological polar surface area (TPSA) is 80.9 Å².